The lowest BCUT2D eigenvalue weighted by molar-refractivity contribution is -0.384. The molecule has 122 valence electrons. The highest BCUT2D eigenvalue weighted by molar-refractivity contribution is 5.78. The van der Waals surface area contributed by atoms with Crippen LogP contribution in [0.15, 0.2) is 24.3 Å². The molecule has 0 aliphatic heterocycles. The van der Waals surface area contributed by atoms with Gasteiger partial charge in [0.2, 0.25) is 0 Å². The van der Waals surface area contributed by atoms with Gasteiger partial charge in [0.05, 0.1) is 11.0 Å². The smallest absolute Gasteiger partial charge is 0.269 e. The quantitative estimate of drug-likeness (QED) is 0.510. The molecular formula is C16H19N3O4. The average Bonchev–Trinajstić information content (AvgIpc) is 2.79. The van der Waals surface area contributed by atoms with E-state index >= 15 is 0 Å². The molecule has 1 aromatic rings. The Hall–Kier alpha value is -2.62. The molecule has 0 atom stereocenters. The number of hydrogen-bond acceptors (Lipinski definition) is 5. The number of amides is 1. The number of nitro groups is 1. The van der Waals surface area contributed by atoms with E-state index in [1.165, 1.54) is 24.3 Å². The van der Waals surface area contributed by atoms with Crippen molar-refractivity contribution < 1.29 is 14.5 Å². The SMILES string of the molecule is N#CC1(NC(=O)COc2ccc([N+](=O)[O-])cc2)CCCCCC1. The molecule has 0 bridgehead atoms. The van der Waals surface area contributed by atoms with E-state index < -0.39 is 10.5 Å². The zero-order valence-corrected chi connectivity index (χ0v) is 12.8. The minimum absolute atomic E-state index is 0.0382. The van der Waals surface area contributed by atoms with Gasteiger partial charge in [0.15, 0.2) is 6.61 Å². The van der Waals surface area contributed by atoms with Crippen molar-refractivity contribution in [2.75, 3.05) is 6.61 Å². The summed E-state index contributed by atoms with van der Waals surface area (Å²) in [4.78, 5) is 22.1. The van der Waals surface area contributed by atoms with Gasteiger partial charge in [-0.1, -0.05) is 25.7 Å². The summed E-state index contributed by atoms with van der Waals surface area (Å²) in [5, 5.41) is 22.8. The Morgan fingerprint density at radius 1 is 1.26 bits per heavy atom. The maximum absolute atomic E-state index is 12.0. The highest BCUT2D eigenvalue weighted by Gasteiger charge is 2.32. The zero-order valence-electron chi connectivity index (χ0n) is 12.8. The van der Waals surface area contributed by atoms with E-state index in [4.69, 9.17) is 4.74 Å². The van der Waals surface area contributed by atoms with Gasteiger partial charge in [-0.15, -0.1) is 0 Å². The van der Waals surface area contributed by atoms with Gasteiger partial charge < -0.3 is 10.1 Å². The number of non-ortho nitro benzene ring substituents is 1. The number of carbonyl (C=O) groups excluding carboxylic acids is 1. The summed E-state index contributed by atoms with van der Waals surface area (Å²) >= 11 is 0. The Labute approximate surface area is 134 Å². The van der Waals surface area contributed by atoms with Gasteiger partial charge in [-0.05, 0) is 25.0 Å². The first-order valence-electron chi connectivity index (χ1n) is 7.64. The summed E-state index contributed by atoms with van der Waals surface area (Å²) in [7, 11) is 0. The topological polar surface area (TPSA) is 105 Å². The lowest BCUT2D eigenvalue weighted by atomic mass is 9.92. The van der Waals surface area contributed by atoms with Crippen LogP contribution in [-0.4, -0.2) is 23.0 Å². The van der Waals surface area contributed by atoms with E-state index in [1.807, 2.05) is 0 Å². The third-order valence-electron chi connectivity index (χ3n) is 3.97. The van der Waals surface area contributed by atoms with Gasteiger partial charge >= 0.3 is 0 Å². The molecule has 23 heavy (non-hydrogen) atoms. The summed E-state index contributed by atoms with van der Waals surface area (Å²) in [6.07, 6.45) is 5.34. The Kier molecular flexibility index (Phi) is 5.52. The monoisotopic (exact) mass is 317 g/mol. The summed E-state index contributed by atoms with van der Waals surface area (Å²) in [5.41, 5.74) is -0.837. The van der Waals surface area contributed by atoms with Crippen LogP contribution in [0.4, 0.5) is 5.69 Å². The number of nitro benzene ring substituents is 1. The van der Waals surface area contributed by atoms with Crippen LogP contribution < -0.4 is 10.1 Å². The highest BCUT2D eigenvalue weighted by Crippen LogP contribution is 2.26. The number of rotatable bonds is 5. The predicted molar refractivity (Wildman–Crippen MR) is 82.8 cm³/mol. The molecule has 0 heterocycles. The van der Waals surface area contributed by atoms with E-state index in [2.05, 4.69) is 11.4 Å². The number of carbonyl (C=O) groups is 1. The highest BCUT2D eigenvalue weighted by atomic mass is 16.6. The number of nitriles is 1. The Morgan fingerprint density at radius 2 is 1.87 bits per heavy atom. The number of hydrogen-bond donors (Lipinski definition) is 1. The molecule has 7 heteroatoms. The van der Waals surface area contributed by atoms with Gasteiger partial charge in [-0.25, -0.2) is 0 Å². The van der Waals surface area contributed by atoms with Crippen LogP contribution in [-0.2, 0) is 4.79 Å². The van der Waals surface area contributed by atoms with Crippen LogP contribution in [0.25, 0.3) is 0 Å². The molecule has 0 aromatic heterocycles. The normalized spacial score (nSPS) is 16.7. The fraction of sp³-hybridized carbons (Fsp3) is 0.500. The largest absolute Gasteiger partial charge is 0.484 e. The van der Waals surface area contributed by atoms with Gasteiger partial charge in [0.25, 0.3) is 11.6 Å². The fourth-order valence-electron chi connectivity index (χ4n) is 2.71. The fourth-order valence-corrected chi connectivity index (χ4v) is 2.71. The second-order valence-electron chi connectivity index (χ2n) is 5.70. The first kappa shape index (κ1) is 16.7. The standard InChI is InChI=1S/C16H19N3O4/c17-12-16(9-3-1-2-4-10-16)18-15(20)11-23-14-7-5-13(6-8-14)19(21)22/h5-8H,1-4,9-11H2,(H,18,20). The summed E-state index contributed by atoms with van der Waals surface area (Å²) in [5.74, 6) is 0.0180. The first-order valence-corrected chi connectivity index (χ1v) is 7.64. The van der Waals surface area contributed by atoms with Gasteiger partial charge in [-0.3, -0.25) is 14.9 Å². The molecule has 1 saturated carbocycles. The minimum atomic E-state index is -0.799. The van der Waals surface area contributed by atoms with Crippen molar-refractivity contribution in [1.82, 2.24) is 5.32 Å². The number of nitrogens with zero attached hydrogens (tertiary/aromatic N) is 2. The van der Waals surface area contributed by atoms with Crippen LogP contribution in [0.1, 0.15) is 38.5 Å². The molecule has 0 unspecified atom stereocenters. The van der Waals surface area contributed by atoms with E-state index in [-0.39, 0.29) is 18.2 Å². The molecule has 1 fully saturated rings. The Morgan fingerprint density at radius 3 is 2.39 bits per heavy atom. The summed E-state index contributed by atoms with van der Waals surface area (Å²) in [6, 6.07) is 7.76. The molecule has 7 nitrogen and oxygen atoms in total. The molecule has 1 aromatic carbocycles. The molecule has 0 spiro atoms. The molecule has 1 N–H and O–H groups in total. The van der Waals surface area contributed by atoms with Crippen molar-refractivity contribution >= 4 is 11.6 Å². The maximum atomic E-state index is 12.0. The third kappa shape index (κ3) is 4.68. The second-order valence-corrected chi connectivity index (χ2v) is 5.70. The van der Waals surface area contributed by atoms with E-state index in [1.54, 1.807) is 0 Å². The van der Waals surface area contributed by atoms with Crippen LogP contribution in [0.2, 0.25) is 0 Å². The van der Waals surface area contributed by atoms with E-state index in [0.29, 0.717) is 18.6 Å². The zero-order chi connectivity index (χ0) is 16.7. The van der Waals surface area contributed by atoms with Crippen molar-refractivity contribution in [3.8, 4) is 11.8 Å². The Balaban J connectivity index is 1.88. The molecule has 1 amide bonds. The second kappa shape index (κ2) is 7.58. The molecule has 1 aliphatic rings. The van der Waals surface area contributed by atoms with E-state index in [9.17, 15) is 20.2 Å². The minimum Gasteiger partial charge on any atom is -0.484 e. The Bertz CT molecular complexity index is 599. The molecular weight excluding hydrogens is 298 g/mol. The van der Waals surface area contributed by atoms with Crippen LogP contribution >= 0.6 is 0 Å². The number of ether oxygens (including phenoxy) is 1. The number of nitrogens with one attached hydrogen (secondary N) is 1. The summed E-state index contributed by atoms with van der Waals surface area (Å²) < 4.78 is 5.32. The maximum Gasteiger partial charge on any atom is 0.269 e. The van der Waals surface area contributed by atoms with Crippen LogP contribution in [0.5, 0.6) is 5.75 Å². The predicted octanol–water partition coefficient (Wildman–Crippen LogP) is 2.71. The third-order valence-corrected chi connectivity index (χ3v) is 3.97. The molecule has 1 aliphatic carbocycles. The van der Waals surface area contributed by atoms with Crippen molar-refractivity contribution in [1.29, 1.82) is 5.26 Å². The van der Waals surface area contributed by atoms with Gasteiger partial charge in [0, 0.05) is 12.1 Å². The molecule has 2 rings (SSSR count). The van der Waals surface area contributed by atoms with Crippen molar-refractivity contribution in [3.05, 3.63) is 34.4 Å². The lowest BCUT2D eigenvalue weighted by Gasteiger charge is -2.26. The van der Waals surface area contributed by atoms with Gasteiger partial charge in [-0.2, -0.15) is 5.26 Å². The van der Waals surface area contributed by atoms with Crippen molar-refractivity contribution in [2.45, 2.75) is 44.1 Å². The van der Waals surface area contributed by atoms with Crippen LogP contribution in [0, 0.1) is 21.4 Å². The average molecular weight is 317 g/mol. The van der Waals surface area contributed by atoms with Gasteiger partial charge in [0.1, 0.15) is 11.3 Å². The number of benzene rings is 1. The van der Waals surface area contributed by atoms with Crippen molar-refractivity contribution in [3.63, 3.8) is 0 Å². The van der Waals surface area contributed by atoms with Crippen molar-refractivity contribution in [2.24, 2.45) is 0 Å². The summed E-state index contributed by atoms with van der Waals surface area (Å²) in [6.45, 7) is -0.221. The first-order chi connectivity index (χ1) is 11.0. The molecule has 0 radical (unpaired) electrons. The lowest BCUT2D eigenvalue weighted by Crippen LogP contribution is -2.48. The van der Waals surface area contributed by atoms with E-state index in [0.717, 1.165) is 25.7 Å². The van der Waals surface area contributed by atoms with Crippen LogP contribution in [0.3, 0.4) is 0 Å². The molecule has 0 saturated heterocycles.